The summed E-state index contributed by atoms with van der Waals surface area (Å²) < 4.78 is 0. The summed E-state index contributed by atoms with van der Waals surface area (Å²) in [5.74, 6) is 0.0283. The molecule has 0 radical (unpaired) electrons. The second-order valence-corrected chi connectivity index (χ2v) is 4.31. The molecule has 0 aliphatic heterocycles. The van der Waals surface area contributed by atoms with Crippen molar-refractivity contribution < 1.29 is 4.92 Å². The highest BCUT2D eigenvalue weighted by molar-refractivity contribution is 5.27. The molecule has 2 unspecified atom stereocenters. The predicted octanol–water partition coefficient (Wildman–Crippen LogP) is 3.07. The zero-order chi connectivity index (χ0) is 11.5. The van der Waals surface area contributed by atoms with E-state index in [2.05, 4.69) is 0 Å². The molecule has 2 rings (SSSR count). The molecule has 0 bridgehead atoms. The average Bonchev–Trinajstić information content (AvgIpc) is 2.30. The first-order valence-corrected chi connectivity index (χ1v) is 5.53. The van der Waals surface area contributed by atoms with E-state index in [4.69, 9.17) is 0 Å². The minimum absolute atomic E-state index is 0.0283. The summed E-state index contributed by atoms with van der Waals surface area (Å²) in [6, 6.07) is 7.59. The van der Waals surface area contributed by atoms with Crippen LogP contribution in [0.3, 0.4) is 0 Å². The Morgan fingerprint density at radius 3 is 2.44 bits per heavy atom. The Morgan fingerprint density at radius 2 is 1.81 bits per heavy atom. The number of hydrogen-bond acceptors (Lipinski definition) is 2. The van der Waals surface area contributed by atoms with Crippen molar-refractivity contribution in [2.45, 2.75) is 31.7 Å². The summed E-state index contributed by atoms with van der Waals surface area (Å²) in [7, 11) is 0. The van der Waals surface area contributed by atoms with Gasteiger partial charge in [0.1, 0.15) is 0 Å². The third-order valence-electron chi connectivity index (χ3n) is 3.18. The summed E-state index contributed by atoms with van der Waals surface area (Å²) in [5.41, 5.74) is 2.27. The van der Waals surface area contributed by atoms with E-state index in [1.807, 2.05) is 43.3 Å². The Kier molecular flexibility index (Phi) is 3.04. The van der Waals surface area contributed by atoms with Gasteiger partial charge >= 0.3 is 0 Å². The molecule has 0 fully saturated rings. The van der Waals surface area contributed by atoms with Gasteiger partial charge in [0, 0.05) is 11.3 Å². The Morgan fingerprint density at radius 1 is 1.19 bits per heavy atom. The van der Waals surface area contributed by atoms with Crippen LogP contribution in [0.25, 0.3) is 0 Å². The molecule has 0 aromatic heterocycles. The number of aryl methyl sites for hydroxylation is 1. The van der Waals surface area contributed by atoms with Crippen LogP contribution >= 0.6 is 0 Å². The van der Waals surface area contributed by atoms with Gasteiger partial charge in [-0.1, -0.05) is 42.0 Å². The van der Waals surface area contributed by atoms with Crippen molar-refractivity contribution in [2.24, 2.45) is 0 Å². The highest BCUT2D eigenvalue weighted by Crippen LogP contribution is 2.31. The maximum absolute atomic E-state index is 11.0. The van der Waals surface area contributed by atoms with Gasteiger partial charge in [-0.25, -0.2) is 0 Å². The molecule has 84 valence electrons. The fraction of sp³-hybridized carbons (Fsp3) is 0.385. The summed E-state index contributed by atoms with van der Waals surface area (Å²) in [6.07, 6.45) is 5.28. The van der Waals surface area contributed by atoms with Crippen LogP contribution in [0, 0.1) is 17.0 Å². The highest BCUT2D eigenvalue weighted by atomic mass is 16.6. The molecule has 2 atom stereocenters. The standard InChI is InChI=1S/C13H15NO2/c1-10-6-8-11(9-7-10)12-4-2-3-5-13(12)14(15)16/h2-3,6-9,12-13H,4-5H2,1H3. The van der Waals surface area contributed by atoms with Crippen LogP contribution in [0.4, 0.5) is 0 Å². The van der Waals surface area contributed by atoms with Crippen molar-refractivity contribution in [1.82, 2.24) is 0 Å². The monoisotopic (exact) mass is 217 g/mol. The first-order valence-electron chi connectivity index (χ1n) is 5.53. The van der Waals surface area contributed by atoms with Crippen LogP contribution < -0.4 is 0 Å². The van der Waals surface area contributed by atoms with Crippen molar-refractivity contribution in [3.05, 3.63) is 57.7 Å². The zero-order valence-electron chi connectivity index (χ0n) is 9.30. The summed E-state index contributed by atoms with van der Waals surface area (Å²) in [6.45, 7) is 2.02. The van der Waals surface area contributed by atoms with Crippen molar-refractivity contribution >= 4 is 0 Å². The molecule has 1 aliphatic carbocycles. The number of benzene rings is 1. The third kappa shape index (κ3) is 2.13. The van der Waals surface area contributed by atoms with Crippen molar-refractivity contribution in [3.63, 3.8) is 0 Å². The van der Waals surface area contributed by atoms with Gasteiger partial charge in [-0.2, -0.15) is 0 Å². The summed E-state index contributed by atoms with van der Waals surface area (Å²) in [5, 5.41) is 11.0. The van der Waals surface area contributed by atoms with E-state index in [9.17, 15) is 10.1 Å². The summed E-state index contributed by atoms with van der Waals surface area (Å²) in [4.78, 5) is 10.8. The lowest BCUT2D eigenvalue weighted by atomic mass is 9.83. The quantitative estimate of drug-likeness (QED) is 0.434. The predicted molar refractivity (Wildman–Crippen MR) is 63.1 cm³/mol. The maximum atomic E-state index is 11.0. The molecular weight excluding hydrogens is 202 g/mol. The smallest absolute Gasteiger partial charge is 0.223 e. The highest BCUT2D eigenvalue weighted by Gasteiger charge is 2.32. The zero-order valence-corrected chi connectivity index (χ0v) is 9.30. The van der Waals surface area contributed by atoms with Crippen LogP contribution in [0.1, 0.15) is 29.9 Å². The van der Waals surface area contributed by atoms with Gasteiger partial charge in [0.25, 0.3) is 0 Å². The minimum Gasteiger partial charge on any atom is -0.264 e. The third-order valence-corrected chi connectivity index (χ3v) is 3.18. The van der Waals surface area contributed by atoms with E-state index in [1.165, 1.54) is 5.56 Å². The molecule has 0 saturated heterocycles. The van der Waals surface area contributed by atoms with Crippen LogP contribution in [0.15, 0.2) is 36.4 Å². The Balaban J connectivity index is 2.27. The lowest BCUT2D eigenvalue weighted by molar-refractivity contribution is -0.526. The van der Waals surface area contributed by atoms with E-state index in [0.29, 0.717) is 6.42 Å². The fourth-order valence-corrected chi connectivity index (χ4v) is 2.20. The number of allylic oxidation sites excluding steroid dienone is 1. The van der Waals surface area contributed by atoms with E-state index in [-0.39, 0.29) is 10.8 Å². The Hall–Kier alpha value is -1.64. The lowest BCUT2D eigenvalue weighted by Gasteiger charge is -2.22. The SMILES string of the molecule is Cc1ccc(C2CC=CCC2[N+](=O)[O-])cc1. The van der Waals surface area contributed by atoms with E-state index < -0.39 is 6.04 Å². The van der Waals surface area contributed by atoms with Gasteiger partial charge < -0.3 is 0 Å². The average molecular weight is 217 g/mol. The van der Waals surface area contributed by atoms with Crippen molar-refractivity contribution in [3.8, 4) is 0 Å². The molecule has 0 heterocycles. The van der Waals surface area contributed by atoms with Crippen molar-refractivity contribution in [2.75, 3.05) is 0 Å². The van der Waals surface area contributed by atoms with E-state index >= 15 is 0 Å². The van der Waals surface area contributed by atoms with Gasteiger partial charge in [0.15, 0.2) is 0 Å². The molecule has 0 amide bonds. The molecule has 0 saturated carbocycles. The lowest BCUT2D eigenvalue weighted by Crippen LogP contribution is -2.28. The Labute approximate surface area is 94.9 Å². The molecular formula is C13H15NO2. The van der Waals surface area contributed by atoms with Crippen LogP contribution in [0.2, 0.25) is 0 Å². The van der Waals surface area contributed by atoms with Gasteiger partial charge in [-0.15, -0.1) is 0 Å². The minimum atomic E-state index is -0.465. The fourth-order valence-electron chi connectivity index (χ4n) is 2.20. The van der Waals surface area contributed by atoms with Gasteiger partial charge in [-0.3, -0.25) is 10.1 Å². The molecule has 0 spiro atoms. The summed E-state index contributed by atoms with van der Waals surface area (Å²) >= 11 is 0. The van der Waals surface area contributed by atoms with Crippen molar-refractivity contribution in [1.29, 1.82) is 0 Å². The molecule has 1 aromatic carbocycles. The first kappa shape index (κ1) is 10.9. The second-order valence-electron chi connectivity index (χ2n) is 4.31. The maximum Gasteiger partial charge on any atom is 0.223 e. The normalized spacial score (nSPS) is 24.3. The topological polar surface area (TPSA) is 43.1 Å². The van der Waals surface area contributed by atoms with Crippen LogP contribution in [-0.4, -0.2) is 11.0 Å². The van der Waals surface area contributed by atoms with Gasteiger partial charge in [0.05, 0.1) is 5.92 Å². The Bertz CT molecular complexity index is 408. The largest absolute Gasteiger partial charge is 0.264 e. The molecule has 1 aromatic rings. The van der Waals surface area contributed by atoms with E-state index in [0.717, 1.165) is 12.0 Å². The number of rotatable bonds is 2. The number of hydrogen-bond donors (Lipinski definition) is 0. The van der Waals surface area contributed by atoms with Gasteiger partial charge in [-0.05, 0) is 18.9 Å². The van der Waals surface area contributed by atoms with Gasteiger partial charge in [0.2, 0.25) is 6.04 Å². The number of nitro groups is 1. The molecule has 3 heteroatoms. The van der Waals surface area contributed by atoms with Crippen LogP contribution in [0.5, 0.6) is 0 Å². The molecule has 0 N–H and O–H groups in total. The second kappa shape index (κ2) is 4.47. The van der Waals surface area contributed by atoms with Crippen LogP contribution in [-0.2, 0) is 0 Å². The molecule has 1 aliphatic rings. The van der Waals surface area contributed by atoms with E-state index in [1.54, 1.807) is 0 Å². The first-order chi connectivity index (χ1) is 7.68. The molecule has 16 heavy (non-hydrogen) atoms. The molecule has 3 nitrogen and oxygen atoms in total. The number of nitrogens with zero attached hydrogens (tertiary/aromatic N) is 1.